The summed E-state index contributed by atoms with van der Waals surface area (Å²) in [5.74, 6) is -0.199. The van der Waals surface area contributed by atoms with Crippen LogP contribution in [0.5, 0.6) is 0 Å². The Morgan fingerprint density at radius 1 is 1.07 bits per heavy atom. The van der Waals surface area contributed by atoms with E-state index in [2.05, 4.69) is 5.32 Å². The van der Waals surface area contributed by atoms with E-state index in [1.165, 1.54) is 10.4 Å². The first-order valence-electron chi connectivity index (χ1n) is 9.38. The van der Waals surface area contributed by atoms with Crippen molar-refractivity contribution < 1.29 is 18.0 Å². The highest BCUT2D eigenvalue weighted by atomic mass is 32.2. The number of hydrogen-bond donors (Lipinski definition) is 1. The number of Topliss-reactive ketones (excluding diaryl/α,β-unsaturated/α-hetero) is 1. The number of rotatable bonds is 4. The second-order valence-corrected chi connectivity index (χ2v) is 9.39. The van der Waals surface area contributed by atoms with Gasteiger partial charge in [0.25, 0.3) is 0 Å². The predicted octanol–water partition coefficient (Wildman–Crippen LogP) is 2.77. The maximum atomic E-state index is 13.0. The number of piperidine rings is 1. The van der Waals surface area contributed by atoms with Crippen LogP contribution in [0.25, 0.3) is 0 Å². The number of carbonyl (C=O) groups is 2. The minimum Gasteiger partial charge on any atom is -0.326 e. The Morgan fingerprint density at radius 2 is 1.75 bits per heavy atom. The van der Waals surface area contributed by atoms with Crippen molar-refractivity contribution >= 4 is 27.4 Å². The number of aryl methyl sites for hydroxylation is 1. The summed E-state index contributed by atoms with van der Waals surface area (Å²) < 4.78 is 27.4. The van der Waals surface area contributed by atoms with Crippen LogP contribution in [0.4, 0.5) is 5.69 Å². The molecule has 1 fully saturated rings. The molecule has 0 unspecified atom stereocenters. The first kappa shape index (κ1) is 18.8. The molecule has 0 bridgehead atoms. The van der Waals surface area contributed by atoms with Crippen LogP contribution in [0.3, 0.4) is 0 Å². The minimum atomic E-state index is -3.64. The van der Waals surface area contributed by atoms with Gasteiger partial charge in [0.2, 0.25) is 15.9 Å². The van der Waals surface area contributed by atoms with Crippen molar-refractivity contribution in [2.75, 3.05) is 18.4 Å². The third-order valence-electron chi connectivity index (χ3n) is 5.50. The maximum Gasteiger partial charge on any atom is 0.243 e. The Labute approximate surface area is 164 Å². The van der Waals surface area contributed by atoms with Crippen molar-refractivity contribution in [1.82, 2.24) is 4.31 Å². The van der Waals surface area contributed by atoms with E-state index < -0.39 is 10.0 Å². The molecule has 7 heteroatoms. The molecule has 0 aromatic heterocycles. The van der Waals surface area contributed by atoms with E-state index >= 15 is 0 Å². The molecule has 0 spiro atoms. The molecule has 0 saturated carbocycles. The molecular formula is C21H22N2O4S. The number of amides is 1. The van der Waals surface area contributed by atoms with Gasteiger partial charge in [-0.25, -0.2) is 8.42 Å². The van der Waals surface area contributed by atoms with E-state index in [4.69, 9.17) is 0 Å². The molecule has 4 rings (SSSR count). The summed E-state index contributed by atoms with van der Waals surface area (Å²) in [5, 5.41) is 2.71. The zero-order valence-corrected chi connectivity index (χ0v) is 16.5. The van der Waals surface area contributed by atoms with Crippen molar-refractivity contribution in [3.8, 4) is 0 Å². The summed E-state index contributed by atoms with van der Waals surface area (Å²) in [5.41, 5.74) is 3.16. The van der Waals surface area contributed by atoms with E-state index in [0.29, 0.717) is 42.7 Å². The smallest absolute Gasteiger partial charge is 0.243 e. The largest absolute Gasteiger partial charge is 0.326 e. The average Bonchev–Trinajstić information content (AvgIpc) is 3.07. The highest BCUT2D eigenvalue weighted by Crippen LogP contribution is 2.30. The lowest BCUT2D eigenvalue weighted by Gasteiger charge is -2.30. The van der Waals surface area contributed by atoms with E-state index in [1.54, 1.807) is 12.1 Å². The molecule has 0 aliphatic carbocycles. The molecule has 1 N–H and O–H groups in total. The molecule has 28 heavy (non-hydrogen) atoms. The van der Waals surface area contributed by atoms with Gasteiger partial charge in [0, 0.05) is 30.3 Å². The average molecular weight is 398 g/mol. The van der Waals surface area contributed by atoms with Gasteiger partial charge in [-0.05, 0) is 43.5 Å². The van der Waals surface area contributed by atoms with Gasteiger partial charge in [-0.2, -0.15) is 4.31 Å². The summed E-state index contributed by atoms with van der Waals surface area (Å²) in [4.78, 5) is 24.4. The lowest BCUT2D eigenvalue weighted by Crippen LogP contribution is -2.40. The Kier molecular flexibility index (Phi) is 4.81. The highest BCUT2D eigenvalue weighted by molar-refractivity contribution is 7.89. The fraction of sp³-hybridized carbons (Fsp3) is 0.333. The van der Waals surface area contributed by atoms with Gasteiger partial charge in [-0.1, -0.05) is 29.8 Å². The topological polar surface area (TPSA) is 83.6 Å². The molecule has 146 valence electrons. The normalized spacial score (nSPS) is 18.0. The third kappa shape index (κ3) is 3.47. The van der Waals surface area contributed by atoms with Crippen molar-refractivity contribution in [2.24, 2.45) is 5.92 Å². The predicted molar refractivity (Wildman–Crippen MR) is 106 cm³/mol. The van der Waals surface area contributed by atoms with Crippen LogP contribution in [-0.2, 0) is 21.2 Å². The van der Waals surface area contributed by atoms with Crippen LogP contribution >= 0.6 is 0 Å². The van der Waals surface area contributed by atoms with Gasteiger partial charge in [0.1, 0.15) is 0 Å². The number of fused-ring (bicyclic) bond motifs is 1. The molecule has 0 atom stereocenters. The van der Waals surface area contributed by atoms with Crippen LogP contribution in [0, 0.1) is 12.8 Å². The summed E-state index contributed by atoms with van der Waals surface area (Å²) in [7, 11) is -3.64. The number of anilines is 1. The number of benzene rings is 2. The maximum absolute atomic E-state index is 13.0. The van der Waals surface area contributed by atoms with Gasteiger partial charge < -0.3 is 5.32 Å². The van der Waals surface area contributed by atoms with Crippen LogP contribution in [0.2, 0.25) is 0 Å². The lowest BCUT2D eigenvalue weighted by atomic mass is 9.89. The van der Waals surface area contributed by atoms with Crippen LogP contribution in [-0.4, -0.2) is 37.5 Å². The van der Waals surface area contributed by atoms with Crippen molar-refractivity contribution in [3.05, 3.63) is 59.2 Å². The molecular weight excluding hydrogens is 376 g/mol. The SMILES string of the molecule is Cc1ccc(C(=O)C2CCN(S(=O)(=O)c3ccc4c(c3)CC(=O)N4)CC2)cc1. The van der Waals surface area contributed by atoms with Gasteiger partial charge in [-0.3, -0.25) is 9.59 Å². The van der Waals surface area contributed by atoms with Crippen molar-refractivity contribution in [3.63, 3.8) is 0 Å². The number of nitrogens with zero attached hydrogens (tertiary/aromatic N) is 1. The highest BCUT2D eigenvalue weighted by Gasteiger charge is 2.33. The quantitative estimate of drug-likeness (QED) is 0.803. The molecule has 1 amide bonds. The molecule has 2 aromatic carbocycles. The van der Waals surface area contributed by atoms with E-state index in [9.17, 15) is 18.0 Å². The zero-order chi connectivity index (χ0) is 19.9. The minimum absolute atomic E-state index is 0.0826. The molecule has 6 nitrogen and oxygen atoms in total. The number of carbonyl (C=O) groups excluding carboxylic acids is 2. The second kappa shape index (κ2) is 7.14. The Hall–Kier alpha value is -2.51. The fourth-order valence-electron chi connectivity index (χ4n) is 3.83. The van der Waals surface area contributed by atoms with E-state index in [-0.39, 0.29) is 28.9 Å². The van der Waals surface area contributed by atoms with Gasteiger partial charge in [0.15, 0.2) is 5.78 Å². The fourth-order valence-corrected chi connectivity index (χ4v) is 5.35. The summed E-state index contributed by atoms with van der Waals surface area (Å²) >= 11 is 0. The van der Waals surface area contributed by atoms with E-state index in [0.717, 1.165) is 5.56 Å². The molecule has 2 heterocycles. The molecule has 0 radical (unpaired) electrons. The number of hydrogen-bond acceptors (Lipinski definition) is 4. The molecule has 2 aliphatic rings. The molecule has 2 aliphatic heterocycles. The third-order valence-corrected chi connectivity index (χ3v) is 7.40. The number of nitrogens with one attached hydrogen (secondary N) is 1. The van der Waals surface area contributed by atoms with Crippen molar-refractivity contribution in [2.45, 2.75) is 31.1 Å². The van der Waals surface area contributed by atoms with Crippen LogP contribution < -0.4 is 5.32 Å². The second-order valence-electron chi connectivity index (χ2n) is 7.45. The number of sulfonamides is 1. The zero-order valence-electron chi connectivity index (χ0n) is 15.6. The summed E-state index contributed by atoms with van der Waals surface area (Å²) in [6, 6.07) is 12.2. The molecule has 2 aromatic rings. The van der Waals surface area contributed by atoms with Crippen molar-refractivity contribution in [1.29, 1.82) is 0 Å². The summed E-state index contributed by atoms with van der Waals surface area (Å²) in [6.45, 7) is 2.61. The van der Waals surface area contributed by atoms with Crippen LogP contribution in [0.15, 0.2) is 47.4 Å². The first-order chi connectivity index (χ1) is 13.3. The standard InChI is InChI=1S/C21H22N2O4S/c1-14-2-4-15(5-3-14)21(25)16-8-10-23(11-9-16)28(26,27)18-6-7-19-17(12-18)13-20(24)22-19/h2-7,12,16H,8-11,13H2,1H3,(H,22,24). The Morgan fingerprint density at radius 3 is 2.43 bits per heavy atom. The monoisotopic (exact) mass is 398 g/mol. The molecule has 1 saturated heterocycles. The summed E-state index contributed by atoms with van der Waals surface area (Å²) in [6.07, 6.45) is 1.22. The van der Waals surface area contributed by atoms with Gasteiger partial charge >= 0.3 is 0 Å². The first-order valence-corrected chi connectivity index (χ1v) is 10.8. The van der Waals surface area contributed by atoms with E-state index in [1.807, 2.05) is 31.2 Å². The van der Waals surface area contributed by atoms with Crippen LogP contribution in [0.1, 0.15) is 34.3 Å². The number of ketones is 1. The Balaban J connectivity index is 1.46. The van der Waals surface area contributed by atoms with Gasteiger partial charge in [-0.15, -0.1) is 0 Å². The Bertz CT molecular complexity index is 1040. The van der Waals surface area contributed by atoms with Gasteiger partial charge in [0.05, 0.1) is 11.3 Å². The lowest BCUT2D eigenvalue weighted by molar-refractivity contribution is -0.115.